The number of ketones is 2. The fraction of sp³-hybridized carbons (Fsp3) is 0.121. The first-order valence-corrected chi connectivity index (χ1v) is 28.4. The molecule has 0 unspecified atom stereocenters. The Balaban J connectivity index is 1.04. The van der Waals surface area contributed by atoms with Crippen LogP contribution >= 0.6 is 14.5 Å². The van der Waals surface area contributed by atoms with Crippen molar-refractivity contribution in [2.75, 3.05) is 0 Å². The Morgan fingerprint density at radius 2 is 0.571 bits per heavy atom. The lowest BCUT2D eigenvalue weighted by Gasteiger charge is -2.33. The minimum absolute atomic E-state index is 0.0466. The molecule has 0 amide bonds. The van der Waals surface area contributed by atoms with Crippen LogP contribution in [0.1, 0.15) is 59.2 Å². The summed E-state index contributed by atoms with van der Waals surface area (Å²) in [6, 6.07) is 91.0. The quantitative estimate of drug-likeness (QED) is 0.0804. The Kier molecular flexibility index (Phi) is 13.0. The summed E-state index contributed by atoms with van der Waals surface area (Å²) >= 11 is 0. The van der Waals surface area contributed by atoms with Gasteiger partial charge in [-0.05, 0) is 131 Å². The zero-order valence-corrected chi connectivity index (χ0v) is 41.1. The predicted molar refractivity (Wildman–Crippen MR) is 301 cm³/mol. The molecule has 0 bridgehead atoms. The van der Waals surface area contributed by atoms with E-state index in [0.717, 1.165) is 69.0 Å². The molecule has 340 valence electrons. The fourth-order valence-electron chi connectivity index (χ4n) is 11.8. The highest BCUT2D eigenvalue weighted by molar-refractivity contribution is 8.02. The maximum atomic E-state index is 16.0. The number of benzene rings is 10. The van der Waals surface area contributed by atoms with Gasteiger partial charge in [-0.25, -0.2) is 0 Å². The molecule has 0 heterocycles. The van der Waals surface area contributed by atoms with Gasteiger partial charge >= 0.3 is 0 Å². The third kappa shape index (κ3) is 8.14. The Morgan fingerprint density at radius 1 is 0.314 bits per heavy atom. The van der Waals surface area contributed by atoms with Gasteiger partial charge in [0.05, 0.1) is 11.1 Å². The third-order valence-electron chi connectivity index (χ3n) is 14.9. The molecule has 0 aliphatic heterocycles. The molecule has 1 aliphatic carbocycles. The standard InChI is InChI=1S/C66H56O2P2/c67-61(65-59-41-23-21-25-49(59)43-45-63(65)69(53-29-7-1-8-30-53,54-31-9-2-10-32-54)55-33-11-3-12-34-55)47-51-27-19-20-28-52(51)48-62(68)66-60-42-24-22-26-50(60)44-46-64(66)70(56-35-13-4-14-36-56,57-37-15-5-16-38-57)58-39-17-6-18-40-58/h1-18,21-26,29-46,51-52H,19-20,27-28,47-48H2/q+2/t51-,52-/m0/s1. The zero-order valence-electron chi connectivity index (χ0n) is 39.4. The lowest BCUT2D eigenvalue weighted by atomic mass is 9.73. The Morgan fingerprint density at radius 3 is 0.857 bits per heavy atom. The zero-order chi connectivity index (χ0) is 47.3. The highest BCUT2D eigenvalue weighted by Crippen LogP contribution is 2.57. The first-order valence-electron chi connectivity index (χ1n) is 24.8. The van der Waals surface area contributed by atoms with Crippen LogP contribution in [0.3, 0.4) is 0 Å². The molecular weight excluding hydrogens is 887 g/mol. The second kappa shape index (κ2) is 20.1. The van der Waals surface area contributed by atoms with Crippen molar-refractivity contribution < 1.29 is 9.59 Å². The van der Waals surface area contributed by atoms with Crippen molar-refractivity contribution in [3.8, 4) is 0 Å². The molecule has 2 nitrogen and oxygen atoms in total. The molecule has 1 saturated carbocycles. The van der Waals surface area contributed by atoms with Gasteiger partial charge in [0.25, 0.3) is 0 Å². The van der Waals surface area contributed by atoms with Crippen molar-refractivity contribution in [2.24, 2.45) is 11.8 Å². The average Bonchev–Trinajstić information content (AvgIpc) is 3.43. The van der Waals surface area contributed by atoms with Crippen LogP contribution in [0.4, 0.5) is 0 Å². The second-order valence-corrected chi connectivity index (χ2v) is 25.5. The van der Waals surface area contributed by atoms with Gasteiger partial charge in [-0.1, -0.05) is 183 Å². The van der Waals surface area contributed by atoms with Crippen LogP contribution in [-0.2, 0) is 0 Å². The molecule has 0 N–H and O–H groups in total. The van der Waals surface area contributed by atoms with Crippen LogP contribution < -0.4 is 42.4 Å². The lowest BCUT2D eigenvalue weighted by Crippen LogP contribution is -2.41. The average molecular weight is 943 g/mol. The van der Waals surface area contributed by atoms with E-state index >= 15 is 9.59 Å². The van der Waals surface area contributed by atoms with E-state index in [1.807, 2.05) is 0 Å². The normalized spacial score (nSPS) is 15.1. The SMILES string of the molecule is O=C(C[C@@H]1CCCC[C@H]1CC(=O)c1c([P+](c2ccccc2)(c2ccccc2)c2ccccc2)ccc2ccccc12)c1c([P+](c2ccccc2)(c2ccccc2)c2ccccc2)ccc2ccccc12. The number of Topliss-reactive ketones (excluding diaryl/α,β-unsaturated/α-hetero) is 2. The van der Waals surface area contributed by atoms with Crippen molar-refractivity contribution in [1.82, 2.24) is 0 Å². The summed E-state index contributed by atoms with van der Waals surface area (Å²) in [5, 5.41) is 13.5. The van der Waals surface area contributed by atoms with Gasteiger partial charge < -0.3 is 0 Å². The lowest BCUT2D eigenvalue weighted by molar-refractivity contribution is 0.0856. The molecule has 0 aromatic heterocycles. The van der Waals surface area contributed by atoms with E-state index in [1.54, 1.807) is 0 Å². The smallest absolute Gasteiger partial charge is 0.167 e. The molecule has 11 rings (SSSR count). The summed E-state index contributed by atoms with van der Waals surface area (Å²) in [5.74, 6) is 0.420. The van der Waals surface area contributed by atoms with Crippen LogP contribution in [0.2, 0.25) is 0 Å². The molecule has 10 aromatic rings. The molecule has 2 atom stereocenters. The molecule has 0 spiro atoms. The summed E-state index contributed by atoms with van der Waals surface area (Å²) in [6.45, 7) is 0. The van der Waals surface area contributed by atoms with Crippen LogP contribution in [0.25, 0.3) is 21.5 Å². The number of hydrogen-bond acceptors (Lipinski definition) is 2. The largest absolute Gasteiger partial charge is 0.294 e. The number of rotatable bonds is 14. The van der Waals surface area contributed by atoms with Gasteiger partial charge in [0.1, 0.15) is 57.0 Å². The van der Waals surface area contributed by atoms with Crippen LogP contribution in [0.5, 0.6) is 0 Å². The summed E-state index contributed by atoms with van der Waals surface area (Å²) in [5.41, 5.74) is 1.64. The van der Waals surface area contributed by atoms with Gasteiger partial charge in [-0.15, -0.1) is 0 Å². The van der Waals surface area contributed by atoms with Crippen molar-refractivity contribution in [3.05, 3.63) is 266 Å². The van der Waals surface area contributed by atoms with Gasteiger partial charge in [0, 0.05) is 12.8 Å². The van der Waals surface area contributed by atoms with E-state index in [0.29, 0.717) is 12.8 Å². The van der Waals surface area contributed by atoms with Crippen molar-refractivity contribution >= 4 is 90.1 Å². The molecule has 10 aromatic carbocycles. The molecule has 0 saturated heterocycles. The van der Waals surface area contributed by atoms with Crippen LogP contribution in [0, 0.1) is 11.8 Å². The maximum Gasteiger partial charge on any atom is 0.167 e. The van der Waals surface area contributed by atoms with E-state index in [-0.39, 0.29) is 23.4 Å². The molecule has 0 radical (unpaired) electrons. The predicted octanol–water partition coefficient (Wildman–Crippen LogP) is 12.9. The van der Waals surface area contributed by atoms with E-state index in [9.17, 15) is 0 Å². The topological polar surface area (TPSA) is 34.1 Å². The number of hydrogen-bond donors (Lipinski definition) is 0. The highest BCUT2D eigenvalue weighted by atomic mass is 31.2. The van der Waals surface area contributed by atoms with E-state index < -0.39 is 14.5 Å². The van der Waals surface area contributed by atoms with Crippen LogP contribution in [0.15, 0.2) is 255 Å². The van der Waals surface area contributed by atoms with Crippen molar-refractivity contribution in [3.63, 3.8) is 0 Å². The first-order chi connectivity index (χ1) is 34.6. The summed E-state index contributed by atoms with van der Waals surface area (Å²) in [7, 11) is -5.25. The summed E-state index contributed by atoms with van der Waals surface area (Å²) < 4.78 is 0. The fourth-order valence-corrected chi connectivity index (χ4v) is 20.7. The van der Waals surface area contributed by atoms with Gasteiger partial charge in [-0.2, -0.15) is 0 Å². The van der Waals surface area contributed by atoms with E-state index in [4.69, 9.17) is 0 Å². The molecule has 70 heavy (non-hydrogen) atoms. The van der Waals surface area contributed by atoms with Crippen molar-refractivity contribution in [1.29, 1.82) is 0 Å². The van der Waals surface area contributed by atoms with Gasteiger partial charge in [0.15, 0.2) is 11.6 Å². The minimum atomic E-state index is -2.63. The number of fused-ring (bicyclic) bond motifs is 2. The maximum absolute atomic E-state index is 16.0. The third-order valence-corrected chi connectivity index (χ3v) is 23.5. The molecule has 1 aliphatic rings. The van der Waals surface area contributed by atoms with E-state index in [1.165, 1.54) is 31.8 Å². The van der Waals surface area contributed by atoms with Crippen LogP contribution in [-0.4, -0.2) is 11.6 Å². The Bertz CT molecular complexity index is 2990. The molecule has 1 fully saturated rings. The van der Waals surface area contributed by atoms with E-state index in [2.05, 4.69) is 255 Å². The summed E-state index contributed by atoms with van der Waals surface area (Å²) in [6.07, 6.45) is 4.69. The number of carbonyl (C=O) groups excluding carboxylic acids is 2. The van der Waals surface area contributed by atoms with Gasteiger partial charge in [-0.3, -0.25) is 9.59 Å². The minimum Gasteiger partial charge on any atom is -0.294 e. The molecular formula is C66H56O2P2+2. The highest BCUT2D eigenvalue weighted by Gasteiger charge is 2.52. The number of carbonyl (C=O) groups is 2. The first kappa shape index (κ1) is 45.4. The van der Waals surface area contributed by atoms with Crippen molar-refractivity contribution in [2.45, 2.75) is 38.5 Å². The Hall–Kier alpha value is -7.08. The summed E-state index contributed by atoms with van der Waals surface area (Å²) in [4.78, 5) is 31.9. The Labute approximate surface area is 413 Å². The monoisotopic (exact) mass is 942 g/mol. The van der Waals surface area contributed by atoms with Gasteiger partial charge in [0.2, 0.25) is 0 Å². The second-order valence-electron chi connectivity index (χ2n) is 18.8. The molecule has 4 heteroatoms.